The standard InChI is InChI=1S/C13H17BrN2O2S/c1-9-10(14)3-2-4-11(9)16-12(17)15-7-13(18)5-6-19-8-13/h2-4,18H,5-8H2,1H3,(H2,15,16,17). The Morgan fingerprint density at radius 1 is 1.58 bits per heavy atom. The zero-order valence-corrected chi connectivity index (χ0v) is 13.1. The van der Waals surface area contributed by atoms with Gasteiger partial charge in [-0.05, 0) is 36.8 Å². The fourth-order valence-electron chi connectivity index (χ4n) is 1.89. The first-order valence-electron chi connectivity index (χ1n) is 6.10. The number of hydrogen-bond acceptors (Lipinski definition) is 3. The van der Waals surface area contributed by atoms with Crippen molar-refractivity contribution in [3.63, 3.8) is 0 Å². The van der Waals surface area contributed by atoms with Crippen LogP contribution in [0.3, 0.4) is 0 Å². The Kier molecular flexibility index (Phi) is 4.76. The number of halogens is 1. The van der Waals surface area contributed by atoms with Crippen molar-refractivity contribution in [3.05, 3.63) is 28.2 Å². The SMILES string of the molecule is Cc1c(Br)cccc1NC(=O)NCC1(O)CCSC1. The number of benzene rings is 1. The minimum absolute atomic E-state index is 0.286. The molecular weight excluding hydrogens is 328 g/mol. The molecule has 1 aromatic carbocycles. The second-order valence-corrected chi connectivity index (χ2v) is 6.71. The van der Waals surface area contributed by atoms with Gasteiger partial charge in [0.15, 0.2) is 0 Å². The molecule has 3 N–H and O–H groups in total. The first-order valence-corrected chi connectivity index (χ1v) is 8.05. The molecule has 2 rings (SSSR count). The summed E-state index contributed by atoms with van der Waals surface area (Å²) in [6.45, 7) is 2.22. The van der Waals surface area contributed by atoms with E-state index >= 15 is 0 Å². The smallest absolute Gasteiger partial charge is 0.319 e. The van der Waals surface area contributed by atoms with Gasteiger partial charge < -0.3 is 15.7 Å². The van der Waals surface area contributed by atoms with Crippen LogP contribution in [0, 0.1) is 6.92 Å². The molecule has 1 unspecified atom stereocenters. The molecule has 6 heteroatoms. The highest BCUT2D eigenvalue weighted by Gasteiger charge is 2.31. The molecule has 2 amide bonds. The zero-order valence-electron chi connectivity index (χ0n) is 10.7. The maximum absolute atomic E-state index is 11.8. The molecule has 0 spiro atoms. The average Bonchev–Trinajstić information content (AvgIpc) is 2.80. The van der Waals surface area contributed by atoms with E-state index in [2.05, 4.69) is 26.6 Å². The fourth-order valence-corrected chi connectivity index (χ4v) is 3.55. The molecule has 0 aromatic heterocycles. The third-order valence-electron chi connectivity index (χ3n) is 3.18. The molecular formula is C13H17BrN2O2S. The molecule has 0 aliphatic carbocycles. The van der Waals surface area contributed by atoms with Crippen LogP contribution < -0.4 is 10.6 Å². The highest BCUT2D eigenvalue weighted by molar-refractivity contribution is 9.10. The van der Waals surface area contributed by atoms with Crippen LogP contribution in [0.2, 0.25) is 0 Å². The Morgan fingerprint density at radius 2 is 2.37 bits per heavy atom. The Balaban J connectivity index is 1.89. The molecule has 0 saturated carbocycles. The molecule has 104 valence electrons. The summed E-state index contributed by atoms with van der Waals surface area (Å²) >= 11 is 5.14. The summed E-state index contributed by atoms with van der Waals surface area (Å²) < 4.78 is 0.955. The molecule has 1 heterocycles. The summed E-state index contributed by atoms with van der Waals surface area (Å²) in [7, 11) is 0. The summed E-state index contributed by atoms with van der Waals surface area (Å²) in [6.07, 6.45) is 0.730. The lowest BCUT2D eigenvalue weighted by atomic mass is 10.0. The molecule has 0 radical (unpaired) electrons. The van der Waals surface area contributed by atoms with Crippen LogP contribution in [0.4, 0.5) is 10.5 Å². The number of aliphatic hydroxyl groups is 1. The lowest BCUT2D eigenvalue weighted by molar-refractivity contribution is 0.0706. The Labute approximate surface area is 125 Å². The second kappa shape index (κ2) is 6.15. The first-order chi connectivity index (χ1) is 9.00. The van der Waals surface area contributed by atoms with Crippen molar-refractivity contribution in [1.29, 1.82) is 0 Å². The highest BCUT2D eigenvalue weighted by atomic mass is 79.9. The normalized spacial score (nSPS) is 22.3. The first kappa shape index (κ1) is 14.7. The van der Waals surface area contributed by atoms with E-state index in [4.69, 9.17) is 0 Å². The van der Waals surface area contributed by atoms with Gasteiger partial charge in [0, 0.05) is 22.5 Å². The predicted molar refractivity (Wildman–Crippen MR) is 82.8 cm³/mol. The number of anilines is 1. The number of urea groups is 1. The summed E-state index contributed by atoms with van der Waals surface area (Å²) in [4.78, 5) is 11.8. The van der Waals surface area contributed by atoms with Crippen molar-refractivity contribution < 1.29 is 9.90 Å². The summed E-state index contributed by atoms with van der Waals surface area (Å²) in [6, 6.07) is 5.36. The monoisotopic (exact) mass is 344 g/mol. The topological polar surface area (TPSA) is 61.4 Å². The maximum atomic E-state index is 11.8. The van der Waals surface area contributed by atoms with Gasteiger partial charge in [-0.3, -0.25) is 0 Å². The van der Waals surface area contributed by atoms with Crippen molar-refractivity contribution in [2.24, 2.45) is 0 Å². The average molecular weight is 345 g/mol. The van der Waals surface area contributed by atoms with E-state index < -0.39 is 5.60 Å². The number of thioether (sulfide) groups is 1. The Morgan fingerprint density at radius 3 is 3.05 bits per heavy atom. The number of hydrogen-bond donors (Lipinski definition) is 3. The van der Waals surface area contributed by atoms with E-state index in [1.165, 1.54) is 0 Å². The molecule has 1 saturated heterocycles. The van der Waals surface area contributed by atoms with Crippen LogP contribution in [0.25, 0.3) is 0 Å². The molecule has 4 nitrogen and oxygen atoms in total. The number of carbonyl (C=O) groups is 1. The van der Waals surface area contributed by atoms with Crippen LogP contribution in [0.5, 0.6) is 0 Å². The van der Waals surface area contributed by atoms with Gasteiger partial charge in [-0.25, -0.2) is 4.79 Å². The molecule has 0 bridgehead atoms. The number of amides is 2. The quantitative estimate of drug-likeness (QED) is 0.789. The highest BCUT2D eigenvalue weighted by Crippen LogP contribution is 2.27. The van der Waals surface area contributed by atoms with Crippen LogP contribution in [-0.2, 0) is 0 Å². The lowest BCUT2D eigenvalue weighted by Crippen LogP contribution is -2.44. The van der Waals surface area contributed by atoms with E-state index in [-0.39, 0.29) is 6.03 Å². The van der Waals surface area contributed by atoms with E-state index in [1.54, 1.807) is 11.8 Å². The molecule has 1 fully saturated rings. The predicted octanol–water partition coefficient (Wildman–Crippen LogP) is 2.75. The number of nitrogens with one attached hydrogen (secondary N) is 2. The van der Waals surface area contributed by atoms with Crippen LogP contribution in [0.1, 0.15) is 12.0 Å². The van der Waals surface area contributed by atoms with Gasteiger partial charge in [-0.15, -0.1) is 0 Å². The van der Waals surface area contributed by atoms with Crippen molar-refractivity contribution >= 4 is 39.4 Å². The molecule has 1 aliphatic heterocycles. The van der Waals surface area contributed by atoms with Crippen LogP contribution in [0.15, 0.2) is 22.7 Å². The Hall–Kier alpha value is -0.720. The van der Waals surface area contributed by atoms with Crippen LogP contribution in [-0.4, -0.2) is 34.8 Å². The van der Waals surface area contributed by atoms with E-state index in [0.29, 0.717) is 12.3 Å². The van der Waals surface area contributed by atoms with Gasteiger partial charge in [0.2, 0.25) is 0 Å². The summed E-state index contributed by atoms with van der Waals surface area (Å²) in [5, 5.41) is 15.7. The lowest BCUT2D eigenvalue weighted by Gasteiger charge is -2.21. The Bertz CT molecular complexity index is 476. The molecule has 1 aliphatic rings. The van der Waals surface area contributed by atoms with Gasteiger partial charge in [0.1, 0.15) is 0 Å². The summed E-state index contributed by atoms with van der Waals surface area (Å²) in [5.41, 5.74) is 0.987. The van der Waals surface area contributed by atoms with Gasteiger partial charge in [0.05, 0.1) is 5.60 Å². The molecule has 1 aromatic rings. The number of carbonyl (C=O) groups excluding carboxylic acids is 1. The zero-order chi connectivity index (χ0) is 13.9. The molecule has 1 atom stereocenters. The van der Waals surface area contributed by atoms with E-state index in [9.17, 15) is 9.90 Å². The third-order valence-corrected chi connectivity index (χ3v) is 5.27. The van der Waals surface area contributed by atoms with Gasteiger partial charge in [-0.2, -0.15) is 11.8 Å². The van der Waals surface area contributed by atoms with Crippen molar-refractivity contribution in [2.45, 2.75) is 18.9 Å². The van der Waals surface area contributed by atoms with Crippen LogP contribution >= 0.6 is 27.7 Å². The molecule has 19 heavy (non-hydrogen) atoms. The third kappa shape index (κ3) is 3.87. The maximum Gasteiger partial charge on any atom is 0.319 e. The van der Waals surface area contributed by atoms with Gasteiger partial charge >= 0.3 is 6.03 Å². The van der Waals surface area contributed by atoms with E-state index in [1.807, 2.05) is 25.1 Å². The second-order valence-electron chi connectivity index (χ2n) is 4.75. The number of rotatable bonds is 3. The largest absolute Gasteiger partial charge is 0.387 e. The summed E-state index contributed by atoms with van der Waals surface area (Å²) in [5.74, 6) is 1.63. The minimum Gasteiger partial charge on any atom is -0.387 e. The fraction of sp³-hybridized carbons (Fsp3) is 0.462. The van der Waals surface area contributed by atoms with Crippen molar-refractivity contribution in [3.8, 4) is 0 Å². The van der Waals surface area contributed by atoms with Gasteiger partial charge in [-0.1, -0.05) is 22.0 Å². The minimum atomic E-state index is -0.756. The van der Waals surface area contributed by atoms with E-state index in [0.717, 1.165) is 27.9 Å². The van der Waals surface area contributed by atoms with Crippen molar-refractivity contribution in [2.75, 3.05) is 23.4 Å². The van der Waals surface area contributed by atoms with Crippen molar-refractivity contribution in [1.82, 2.24) is 5.32 Å². The van der Waals surface area contributed by atoms with Gasteiger partial charge in [0.25, 0.3) is 0 Å².